The second-order valence-electron chi connectivity index (χ2n) is 8.16. The van der Waals surface area contributed by atoms with Crippen LogP contribution in [-0.4, -0.2) is 45.0 Å². The van der Waals surface area contributed by atoms with Crippen LogP contribution < -0.4 is 18.9 Å². The summed E-state index contributed by atoms with van der Waals surface area (Å²) in [7, 11) is 4.28. The van der Waals surface area contributed by atoms with Gasteiger partial charge in [-0.3, -0.25) is 4.79 Å². The Morgan fingerprint density at radius 3 is 2.11 bits per heavy atom. The van der Waals surface area contributed by atoms with Gasteiger partial charge < -0.3 is 28.8 Å². The number of benzene rings is 3. The zero-order chi connectivity index (χ0) is 25.3. The van der Waals surface area contributed by atoms with Gasteiger partial charge in [0.1, 0.15) is 5.75 Å². The second-order valence-corrected chi connectivity index (χ2v) is 8.16. The molecular formula is C27H28O8. The van der Waals surface area contributed by atoms with Crippen LogP contribution in [0.5, 0.6) is 28.7 Å². The molecule has 0 fully saturated rings. The predicted octanol–water partition coefficient (Wildman–Crippen LogP) is 5.36. The van der Waals surface area contributed by atoms with E-state index < -0.39 is 5.97 Å². The molecule has 3 aromatic carbocycles. The molecule has 8 nitrogen and oxygen atoms in total. The summed E-state index contributed by atoms with van der Waals surface area (Å²) in [4.78, 5) is 26.9. The van der Waals surface area contributed by atoms with Crippen LogP contribution in [0.25, 0.3) is 21.9 Å². The first-order chi connectivity index (χ1) is 16.9. The van der Waals surface area contributed by atoms with Crippen molar-refractivity contribution < 1.29 is 38.4 Å². The molecule has 0 bridgehead atoms. The van der Waals surface area contributed by atoms with Gasteiger partial charge in [-0.1, -0.05) is 19.9 Å². The van der Waals surface area contributed by atoms with E-state index in [1.807, 2.05) is 13.8 Å². The Morgan fingerprint density at radius 2 is 1.54 bits per heavy atom. The number of carbonyl (C=O) groups is 2. The number of rotatable bonds is 8. The number of fused-ring (bicyclic) bond motifs is 2. The van der Waals surface area contributed by atoms with Gasteiger partial charge in [-0.05, 0) is 48.1 Å². The minimum atomic E-state index is -0.737. The fourth-order valence-corrected chi connectivity index (χ4v) is 4.56. The van der Waals surface area contributed by atoms with Gasteiger partial charge in [-0.15, -0.1) is 0 Å². The molecule has 35 heavy (non-hydrogen) atoms. The molecule has 0 unspecified atom stereocenters. The lowest BCUT2D eigenvalue weighted by molar-refractivity contribution is 0.0596. The van der Waals surface area contributed by atoms with E-state index in [1.54, 1.807) is 30.3 Å². The molecule has 184 valence electrons. The van der Waals surface area contributed by atoms with Gasteiger partial charge in [0.15, 0.2) is 28.8 Å². The number of aromatic hydroxyl groups is 1. The number of phenols is 1. The van der Waals surface area contributed by atoms with Gasteiger partial charge in [0, 0.05) is 16.9 Å². The zero-order valence-electron chi connectivity index (χ0n) is 20.4. The van der Waals surface area contributed by atoms with Crippen molar-refractivity contribution in [1.82, 2.24) is 0 Å². The van der Waals surface area contributed by atoms with E-state index in [9.17, 15) is 14.7 Å². The lowest BCUT2D eigenvalue weighted by atomic mass is 9.83. The molecule has 0 atom stereocenters. The number of Topliss-reactive ketones (excluding diaryl/α,β-unsaturated/α-hetero) is 1. The highest BCUT2D eigenvalue weighted by molar-refractivity contribution is 6.20. The number of ketones is 1. The van der Waals surface area contributed by atoms with E-state index in [4.69, 9.17) is 23.7 Å². The number of esters is 1. The van der Waals surface area contributed by atoms with Gasteiger partial charge in [0.2, 0.25) is 6.79 Å². The molecule has 1 aliphatic rings. The number of methoxy groups -OCH3 is 3. The first-order valence-corrected chi connectivity index (χ1v) is 11.4. The molecule has 8 heteroatoms. The maximum Gasteiger partial charge on any atom is 0.339 e. The first kappa shape index (κ1) is 24.2. The largest absolute Gasteiger partial charge is 0.507 e. The monoisotopic (exact) mass is 480 g/mol. The second kappa shape index (κ2) is 9.74. The van der Waals surface area contributed by atoms with E-state index in [-0.39, 0.29) is 35.4 Å². The van der Waals surface area contributed by atoms with E-state index in [1.165, 1.54) is 21.3 Å². The summed E-state index contributed by atoms with van der Waals surface area (Å²) >= 11 is 0. The predicted molar refractivity (Wildman–Crippen MR) is 130 cm³/mol. The molecule has 0 saturated heterocycles. The zero-order valence-corrected chi connectivity index (χ0v) is 20.4. The van der Waals surface area contributed by atoms with E-state index in [0.717, 1.165) is 0 Å². The Balaban J connectivity index is 2.18. The van der Waals surface area contributed by atoms with Crippen molar-refractivity contribution in [3.8, 4) is 39.9 Å². The third-order valence-electron chi connectivity index (χ3n) is 6.44. The fourth-order valence-electron chi connectivity index (χ4n) is 4.56. The summed E-state index contributed by atoms with van der Waals surface area (Å²) in [6, 6.07) is 8.51. The van der Waals surface area contributed by atoms with Crippen LogP contribution in [0.2, 0.25) is 0 Å². The Morgan fingerprint density at radius 1 is 0.914 bits per heavy atom. The van der Waals surface area contributed by atoms with Crippen molar-refractivity contribution >= 4 is 22.5 Å². The van der Waals surface area contributed by atoms with Crippen LogP contribution in [0, 0.1) is 5.92 Å². The molecule has 3 aromatic rings. The third kappa shape index (κ3) is 3.99. The highest BCUT2D eigenvalue weighted by atomic mass is 16.7. The van der Waals surface area contributed by atoms with Gasteiger partial charge in [-0.2, -0.15) is 0 Å². The van der Waals surface area contributed by atoms with Crippen molar-refractivity contribution in [3.63, 3.8) is 0 Å². The molecule has 0 spiro atoms. The molecular weight excluding hydrogens is 452 g/mol. The number of ether oxygens (including phenoxy) is 5. The molecule has 0 saturated carbocycles. The minimum absolute atomic E-state index is 0.0134. The molecule has 4 rings (SSSR count). The number of hydrogen-bond donors (Lipinski definition) is 1. The highest BCUT2D eigenvalue weighted by Gasteiger charge is 2.33. The fraction of sp³-hybridized carbons (Fsp3) is 0.333. The number of phenolic OH excluding ortho intramolecular Hbond substituents is 1. The average Bonchev–Trinajstić information content (AvgIpc) is 3.34. The molecule has 0 aromatic heterocycles. The standard InChI is InChI=1S/C27H28O8/c1-6-14(7-2)25(28)24-23(27(30)33-5)22(15-8-9-18(31-3)19(10-15)32-4)16-11-20-21(35-13-34-20)12-17(16)26(24)29/h8-12,14,29H,6-7,13H2,1-5H3. The Hall–Kier alpha value is -3.94. The van der Waals surface area contributed by atoms with Gasteiger partial charge in [-0.25, -0.2) is 4.79 Å². The lowest BCUT2D eigenvalue weighted by Crippen LogP contribution is -2.19. The Kier molecular flexibility index (Phi) is 6.73. The maximum atomic E-state index is 13.7. The normalized spacial score (nSPS) is 12.2. The highest BCUT2D eigenvalue weighted by Crippen LogP contribution is 2.48. The number of carbonyl (C=O) groups excluding carboxylic acids is 2. The summed E-state index contributed by atoms with van der Waals surface area (Å²) in [6.45, 7) is 3.83. The Labute approximate surface area is 203 Å². The van der Waals surface area contributed by atoms with Crippen LogP contribution in [-0.2, 0) is 4.74 Å². The maximum absolute atomic E-state index is 13.7. The average molecular weight is 481 g/mol. The van der Waals surface area contributed by atoms with Gasteiger partial charge >= 0.3 is 5.97 Å². The van der Waals surface area contributed by atoms with Crippen LogP contribution >= 0.6 is 0 Å². The van der Waals surface area contributed by atoms with Crippen LogP contribution in [0.4, 0.5) is 0 Å². The quantitative estimate of drug-likeness (QED) is 0.340. The summed E-state index contributed by atoms with van der Waals surface area (Å²) in [5.74, 6) is 0.119. The van der Waals surface area contributed by atoms with Crippen LogP contribution in [0.3, 0.4) is 0 Å². The first-order valence-electron chi connectivity index (χ1n) is 11.4. The summed E-state index contributed by atoms with van der Waals surface area (Å²) in [5.41, 5.74) is 0.908. The van der Waals surface area contributed by atoms with Gasteiger partial charge in [0.05, 0.1) is 32.5 Å². The third-order valence-corrected chi connectivity index (χ3v) is 6.44. The molecule has 1 aliphatic heterocycles. The molecule has 0 amide bonds. The summed E-state index contributed by atoms with van der Waals surface area (Å²) in [5, 5.41) is 12.3. The molecule has 1 heterocycles. The summed E-state index contributed by atoms with van der Waals surface area (Å²) < 4.78 is 27.1. The lowest BCUT2D eigenvalue weighted by Gasteiger charge is -2.21. The van der Waals surface area contributed by atoms with Crippen molar-refractivity contribution in [2.45, 2.75) is 26.7 Å². The van der Waals surface area contributed by atoms with Crippen molar-refractivity contribution in [3.05, 3.63) is 41.5 Å². The molecule has 1 N–H and O–H groups in total. The SMILES string of the molecule is CCC(CC)C(=O)c1c(C(=O)OC)c(-c2ccc(OC)c(OC)c2)c2cc3c(cc2c1O)OCO3. The van der Waals surface area contributed by atoms with E-state index in [2.05, 4.69) is 0 Å². The van der Waals surface area contributed by atoms with E-state index in [0.29, 0.717) is 57.7 Å². The Bertz CT molecular complexity index is 1310. The number of hydrogen-bond acceptors (Lipinski definition) is 8. The van der Waals surface area contributed by atoms with Crippen molar-refractivity contribution in [1.29, 1.82) is 0 Å². The van der Waals surface area contributed by atoms with E-state index >= 15 is 0 Å². The molecule has 0 radical (unpaired) electrons. The van der Waals surface area contributed by atoms with Crippen LogP contribution in [0.1, 0.15) is 47.4 Å². The van der Waals surface area contributed by atoms with Crippen molar-refractivity contribution in [2.75, 3.05) is 28.1 Å². The van der Waals surface area contributed by atoms with Crippen molar-refractivity contribution in [2.24, 2.45) is 5.92 Å². The minimum Gasteiger partial charge on any atom is -0.507 e. The smallest absolute Gasteiger partial charge is 0.339 e. The molecule has 0 aliphatic carbocycles. The van der Waals surface area contributed by atoms with Gasteiger partial charge in [0.25, 0.3) is 0 Å². The topological polar surface area (TPSA) is 101 Å². The van der Waals surface area contributed by atoms with Crippen LogP contribution in [0.15, 0.2) is 30.3 Å². The summed E-state index contributed by atoms with van der Waals surface area (Å²) in [6.07, 6.45) is 1.11.